The molecule has 0 unspecified atom stereocenters. The summed E-state index contributed by atoms with van der Waals surface area (Å²) in [4.78, 5) is 39.1. The summed E-state index contributed by atoms with van der Waals surface area (Å²) in [6, 6.07) is 12.3. The molecule has 8 nitrogen and oxygen atoms in total. The molecule has 0 aliphatic carbocycles. The molecule has 3 rings (SSSR count). The fourth-order valence-corrected chi connectivity index (χ4v) is 5.56. The Morgan fingerprint density at radius 3 is 2.15 bits per heavy atom. The number of ether oxygens (including phenoxy) is 2. The monoisotopic (exact) mass is 569 g/mol. The molecule has 0 radical (unpaired) electrons. The summed E-state index contributed by atoms with van der Waals surface area (Å²) in [7, 11) is 0. The molecule has 1 fully saturated rings. The van der Waals surface area contributed by atoms with Gasteiger partial charge in [0, 0.05) is 19.0 Å². The van der Waals surface area contributed by atoms with Gasteiger partial charge in [-0.3, -0.25) is 4.79 Å². The van der Waals surface area contributed by atoms with Crippen LogP contribution in [0.25, 0.3) is 0 Å². The first-order chi connectivity index (χ1) is 20.0. The highest BCUT2D eigenvalue weighted by molar-refractivity contribution is 5.91. The lowest BCUT2D eigenvalue weighted by Crippen LogP contribution is -2.55. The van der Waals surface area contributed by atoms with Crippen molar-refractivity contribution >= 4 is 17.8 Å². The summed E-state index contributed by atoms with van der Waals surface area (Å²) in [5.74, 6) is -2.21. The first kappa shape index (κ1) is 32.2. The maximum Gasteiger partial charge on any atom is 0.374 e. The molecule has 226 valence electrons. The van der Waals surface area contributed by atoms with Gasteiger partial charge in [-0.05, 0) is 30.9 Å². The highest BCUT2D eigenvalue weighted by Crippen LogP contribution is 2.33. The predicted molar refractivity (Wildman–Crippen MR) is 157 cm³/mol. The fraction of sp³-hybridized carbons (Fsp3) is 0.606. The molecule has 1 N–H and O–H groups in total. The summed E-state index contributed by atoms with van der Waals surface area (Å²) >= 11 is 0. The van der Waals surface area contributed by atoms with Gasteiger partial charge in [-0.25, -0.2) is 9.59 Å². The van der Waals surface area contributed by atoms with Crippen LogP contribution < -0.4 is 4.74 Å². The Kier molecular flexibility index (Phi) is 13.8. The number of hydrogen-bond donors (Lipinski definition) is 1. The Hall–Kier alpha value is -3.29. The summed E-state index contributed by atoms with van der Waals surface area (Å²) in [5, 5.41) is 10.1. The van der Waals surface area contributed by atoms with Gasteiger partial charge >= 0.3 is 11.9 Å². The van der Waals surface area contributed by atoms with Crippen molar-refractivity contribution in [2.75, 3.05) is 19.8 Å². The number of amides is 1. The van der Waals surface area contributed by atoms with Gasteiger partial charge in [0.2, 0.25) is 5.76 Å². The molecule has 41 heavy (non-hydrogen) atoms. The number of carboxylic acid groups (broad SMARTS) is 1. The third-order valence-electron chi connectivity index (χ3n) is 7.88. The molecule has 0 saturated carbocycles. The number of unbranched alkanes of at least 4 members (excludes halogenated alkanes) is 11. The summed E-state index contributed by atoms with van der Waals surface area (Å²) < 4.78 is 16.3. The first-order valence-corrected chi connectivity index (χ1v) is 15.4. The van der Waals surface area contributed by atoms with Crippen molar-refractivity contribution in [2.45, 2.75) is 109 Å². The zero-order valence-corrected chi connectivity index (χ0v) is 24.6. The van der Waals surface area contributed by atoms with E-state index in [2.05, 4.69) is 6.92 Å². The Morgan fingerprint density at radius 1 is 0.878 bits per heavy atom. The standard InChI is InChI=1S/C33H47NO7/c1-2-3-4-5-6-7-8-9-10-11-12-16-24-39-30-21-20-28(41-30)31(36)40-26-29(35)34-23-17-22-33(34,32(37)38)25-27-18-14-13-15-19-27/h13-15,18-21H,2-12,16-17,22-26H2,1H3,(H,37,38)/t33-/m0/s1. The number of hydrogen-bond acceptors (Lipinski definition) is 6. The second-order valence-electron chi connectivity index (χ2n) is 11.1. The van der Waals surface area contributed by atoms with Gasteiger partial charge in [0.1, 0.15) is 5.54 Å². The molecular weight excluding hydrogens is 522 g/mol. The van der Waals surface area contributed by atoms with Gasteiger partial charge in [0.25, 0.3) is 11.9 Å². The van der Waals surface area contributed by atoms with Crippen LogP contribution in [0.3, 0.4) is 0 Å². The molecule has 1 aliphatic rings. The van der Waals surface area contributed by atoms with E-state index in [9.17, 15) is 19.5 Å². The van der Waals surface area contributed by atoms with Gasteiger partial charge in [-0.15, -0.1) is 0 Å². The van der Waals surface area contributed by atoms with E-state index in [4.69, 9.17) is 13.9 Å². The lowest BCUT2D eigenvalue weighted by Gasteiger charge is -2.34. The number of carbonyl (C=O) groups is 3. The number of benzene rings is 1. The van der Waals surface area contributed by atoms with Crippen LogP contribution in [-0.4, -0.2) is 53.1 Å². The van der Waals surface area contributed by atoms with Gasteiger partial charge in [-0.1, -0.05) is 108 Å². The van der Waals surface area contributed by atoms with Crippen LogP contribution in [0.1, 0.15) is 113 Å². The second kappa shape index (κ2) is 17.5. The van der Waals surface area contributed by atoms with E-state index in [-0.39, 0.29) is 18.1 Å². The Morgan fingerprint density at radius 2 is 1.51 bits per heavy atom. The molecule has 2 aromatic rings. The van der Waals surface area contributed by atoms with Crippen LogP contribution in [-0.2, 0) is 20.7 Å². The molecule has 1 aliphatic heterocycles. The first-order valence-electron chi connectivity index (χ1n) is 15.4. The van der Waals surface area contributed by atoms with Crippen LogP contribution in [0.2, 0.25) is 0 Å². The minimum absolute atomic E-state index is 0.0577. The van der Waals surface area contributed by atoms with E-state index in [1.165, 1.54) is 75.2 Å². The fourth-order valence-electron chi connectivity index (χ4n) is 5.56. The van der Waals surface area contributed by atoms with Gasteiger partial charge in [0.05, 0.1) is 6.61 Å². The second-order valence-corrected chi connectivity index (χ2v) is 11.1. The highest BCUT2D eigenvalue weighted by atomic mass is 16.6. The minimum Gasteiger partial charge on any atom is -0.479 e. The normalized spacial score (nSPS) is 16.6. The van der Waals surface area contributed by atoms with Crippen molar-refractivity contribution in [3.8, 4) is 5.95 Å². The number of rotatable bonds is 20. The van der Waals surface area contributed by atoms with Crippen molar-refractivity contribution in [1.29, 1.82) is 0 Å². The third kappa shape index (κ3) is 10.2. The van der Waals surface area contributed by atoms with E-state index in [0.717, 1.165) is 18.4 Å². The third-order valence-corrected chi connectivity index (χ3v) is 7.88. The summed E-state index contributed by atoms with van der Waals surface area (Å²) in [5.41, 5.74) is -0.525. The number of nitrogens with zero attached hydrogens (tertiary/aromatic N) is 1. The number of furan rings is 1. The number of likely N-dealkylation sites (tertiary alicyclic amines) is 1. The lowest BCUT2D eigenvalue weighted by molar-refractivity contribution is -0.157. The van der Waals surface area contributed by atoms with Crippen molar-refractivity contribution in [2.24, 2.45) is 0 Å². The average molecular weight is 570 g/mol. The van der Waals surface area contributed by atoms with Crippen molar-refractivity contribution < 1.29 is 33.4 Å². The van der Waals surface area contributed by atoms with Crippen molar-refractivity contribution in [3.05, 3.63) is 53.8 Å². The molecule has 2 heterocycles. The molecule has 1 aromatic heterocycles. The summed E-state index contributed by atoms with van der Waals surface area (Å²) in [6.07, 6.45) is 16.3. The number of carboxylic acids is 1. The van der Waals surface area contributed by atoms with E-state index in [0.29, 0.717) is 26.0 Å². The Labute approximate surface area is 244 Å². The van der Waals surface area contributed by atoms with E-state index in [1.54, 1.807) is 6.07 Å². The summed E-state index contributed by atoms with van der Waals surface area (Å²) in [6.45, 7) is 2.50. The average Bonchev–Trinajstić information content (AvgIpc) is 3.63. The SMILES string of the molecule is CCCCCCCCCCCCCCOc1ccc(C(=O)OCC(=O)N2CCC[C@]2(Cc2ccccc2)C(=O)O)o1. The van der Waals surface area contributed by atoms with Crippen LogP contribution in [0.5, 0.6) is 5.95 Å². The van der Waals surface area contributed by atoms with Crippen LogP contribution in [0.4, 0.5) is 0 Å². The molecule has 8 heteroatoms. The Bertz CT molecular complexity index is 1070. The zero-order valence-electron chi connectivity index (χ0n) is 24.6. The van der Waals surface area contributed by atoms with E-state index >= 15 is 0 Å². The quantitative estimate of drug-likeness (QED) is 0.133. The number of esters is 1. The number of carbonyl (C=O) groups excluding carboxylic acids is 2. The number of aliphatic carboxylic acids is 1. The van der Waals surface area contributed by atoms with Gasteiger partial charge in [-0.2, -0.15) is 0 Å². The topological polar surface area (TPSA) is 106 Å². The molecule has 0 bridgehead atoms. The smallest absolute Gasteiger partial charge is 0.374 e. The van der Waals surface area contributed by atoms with E-state index < -0.39 is 30.0 Å². The molecule has 1 atom stereocenters. The minimum atomic E-state index is -1.36. The maximum atomic E-state index is 13.0. The Balaban J connectivity index is 1.33. The van der Waals surface area contributed by atoms with Crippen LogP contribution >= 0.6 is 0 Å². The van der Waals surface area contributed by atoms with Gasteiger partial charge in [0.15, 0.2) is 6.61 Å². The zero-order chi connectivity index (χ0) is 29.3. The van der Waals surface area contributed by atoms with Gasteiger partial charge < -0.3 is 23.9 Å². The largest absolute Gasteiger partial charge is 0.479 e. The molecule has 1 saturated heterocycles. The lowest BCUT2D eigenvalue weighted by atomic mass is 9.88. The highest BCUT2D eigenvalue weighted by Gasteiger charge is 2.50. The molecular formula is C33H47NO7. The van der Waals surface area contributed by atoms with Crippen LogP contribution in [0.15, 0.2) is 46.9 Å². The predicted octanol–water partition coefficient (Wildman–Crippen LogP) is 7.20. The maximum absolute atomic E-state index is 13.0. The van der Waals surface area contributed by atoms with Crippen molar-refractivity contribution in [1.82, 2.24) is 4.90 Å². The van der Waals surface area contributed by atoms with E-state index in [1.807, 2.05) is 30.3 Å². The molecule has 1 aromatic carbocycles. The molecule has 1 amide bonds. The van der Waals surface area contributed by atoms with Crippen molar-refractivity contribution in [3.63, 3.8) is 0 Å². The molecule has 0 spiro atoms. The van der Waals surface area contributed by atoms with Crippen LogP contribution in [0, 0.1) is 0 Å².